The van der Waals surface area contributed by atoms with E-state index >= 15 is 0 Å². The van der Waals surface area contributed by atoms with Crippen molar-refractivity contribution in [2.75, 3.05) is 6.54 Å². The van der Waals surface area contributed by atoms with Gasteiger partial charge in [0.1, 0.15) is 5.82 Å². The zero-order chi connectivity index (χ0) is 15.3. The maximum Gasteiger partial charge on any atom is 0.416 e. The Hall–Kier alpha value is -1.95. The molecule has 1 heterocycles. The molecule has 2 rings (SSSR count). The van der Waals surface area contributed by atoms with Gasteiger partial charge in [-0.25, -0.2) is 9.97 Å². The van der Waals surface area contributed by atoms with E-state index in [9.17, 15) is 13.2 Å². The predicted molar refractivity (Wildman–Crippen MR) is 73.6 cm³/mol. The van der Waals surface area contributed by atoms with E-state index in [1.54, 1.807) is 12.1 Å². The molecule has 112 valence electrons. The van der Waals surface area contributed by atoms with Crippen LogP contribution in [-0.4, -0.2) is 16.5 Å². The van der Waals surface area contributed by atoms with Crippen LogP contribution < -0.4 is 5.32 Å². The van der Waals surface area contributed by atoms with Crippen molar-refractivity contribution in [1.82, 2.24) is 15.3 Å². The van der Waals surface area contributed by atoms with Crippen molar-refractivity contribution in [1.29, 1.82) is 0 Å². The molecule has 1 unspecified atom stereocenters. The summed E-state index contributed by atoms with van der Waals surface area (Å²) < 4.78 is 39.5. The van der Waals surface area contributed by atoms with Gasteiger partial charge < -0.3 is 5.32 Å². The third-order valence-corrected chi connectivity index (χ3v) is 3.02. The molecule has 1 atom stereocenters. The van der Waals surface area contributed by atoms with Crippen LogP contribution >= 0.6 is 0 Å². The number of benzene rings is 1. The monoisotopic (exact) mass is 295 g/mol. The van der Waals surface area contributed by atoms with Gasteiger partial charge in [0.05, 0.1) is 11.6 Å². The fraction of sp³-hybridized carbons (Fsp3) is 0.333. The number of hydrogen-bond acceptors (Lipinski definition) is 3. The lowest BCUT2D eigenvalue weighted by atomic mass is 9.99. The molecule has 0 amide bonds. The first kappa shape index (κ1) is 15.4. The average Bonchev–Trinajstić information content (AvgIpc) is 2.48. The lowest BCUT2D eigenvalue weighted by Crippen LogP contribution is -2.27. The molecule has 0 radical (unpaired) electrons. The van der Waals surface area contributed by atoms with Gasteiger partial charge in [-0.1, -0.05) is 25.1 Å². The lowest BCUT2D eigenvalue weighted by Gasteiger charge is -2.21. The largest absolute Gasteiger partial charge is 0.416 e. The van der Waals surface area contributed by atoms with Crippen LogP contribution in [0.4, 0.5) is 13.2 Å². The summed E-state index contributed by atoms with van der Waals surface area (Å²) in [5, 5.41) is 3.09. The van der Waals surface area contributed by atoms with Gasteiger partial charge in [-0.3, -0.25) is 0 Å². The standard InChI is InChI=1S/C15H16F3N3/c1-2-8-19-13(14-20-9-5-10-21-14)11-6-3-4-7-12(11)15(16,17)18/h3-7,9-10,13,19H,2,8H2,1H3. The maximum absolute atomic E-state index is 13.2. The van der Waals surface area contributed by atoms with Gasteiger partial charge in [0.25, 0.3) is 0 Å². The summed E-state index contributed by atoms with van der Waals surface area (Å²) in [6.45, 7) is 2.53. The summed E-state index contributed by atoms with van der Waals surface area (Å²) in [6, 6.07) is 6.48. The van der Waals surface area contributed by atoms with Crippen LogP contribution in [0.3, 0.4) is 0 Å². The molecule has 1 aromatic heterocycles. The molecule has 2 aromatic rings. The minimum absolute atomic E-state index is 0.143. The molecule has 0 aliphatic rings. The smallest absolute Gasteiger partial charge is 0.304 e. The van der Waals surface area contributed by atoms with Gasteiger partial charge in [0.15, 0.2) is 0 Å². The summed E-state index contributed by atoms with van der Waals surface area (Å²) >= 11 is 0. The summed E-state index contributed by atoms with van der Waals surface area (Å²) in [5.41, 5.74) is -0.518. The lowest BCUT2D eigenvalue weighted by molar-refractivity contribution is -0.138. The molecular weight excluding hydrogens is 279 g/mol. The van der Waals surface area contributed by atoms with Gasteiger partial charge in [0, 0.05) is 12.4 Å². The highest BCUT2D eigenvalue weighted by Gasteiger charge is 2.35. The van der Waals surface area contributed by atoms with E-state index in [1.165, 1.54) is 24.5 Å². The van der Waals surface area contributed by atoms with E-state index in [2.05, 4.69) is 15.3 Å². The quantitative estimate of drug-likeness (QED) is 0.916. The number of rotatable bonds is 5. The van der Waals surface area contributed by atoms with Gasteiger partial charge in [-0.15, -0.1) is 0 Å². The molecule has 6 heteroatoms. The van der Waals surface area contributed by atoms with E-state index in [0.29, 0.717) is 12.4 Å². The summed E-state index contributed by atoms with van der Waals surface area (Å²) in [4.78, 5) is 8.18. The molecule has 1 aromatic carbocycles. The third kappa shape index (κ3) is 3.78. The zero-order valence-electron chi connectivity index (χ0n) is 11.6. The molecule has 0 fully saturated rings. The topological polar surface area (TPSA) is 37.8 Å². The Balaban J connectivity index is 2.47. The van der Waals surface area contributed by atoms with Crippen molar-refractivity contribution in [2.24, 2.45) is 0 Å². The summed E-state index contributed by atoms with van der Waals surface area (Å²) in [7, 11) is 0. The van der Waals surface area contributed by atoms with Crippen molar-refractivity contribution in [3.05, 3.63) is 59.7 Å². The first-order valence-corrected chi connectivity index (χ1v) is 6.70. The highest BCUT2D eigenvalue weighted by Crippen LogP contribution is 2.35. The SMILES string of the molecule is CCCNC(c1ncccn1)c1ccccc1C(F)(F)F. The maximum atomic E-state index is 13.2. The van der Waals surface area contributed by atoms with E-state index in [4.69, 9.17) is 0 Å². The van der Waals surface area contributed by atoms with E-state index in [1.807, 2.05) is 6.92 Å². The molecule has 0 bridgehead atoms. The van der Waals surface area contributed by atoms with Crippen LogP contribution in [0.5, 0.6) is 0 Å². The first-order valence-electron chi connectivity index (χ1n) is 6.70. The molecule has 0 spiro atoms. The van der Waals surface area contributed by atoms with Gasteiger partial charge >= 0.3 is 6.18 Å². The highest BCUT2D eigenvalue weighted by molar-refractivity contribution is 5.35. The molecular formula is C15H16F3N3. The number of halogens is 3. The van der Waals surface area contributed by atoms with Crippen LogP contribution in [0.25, 0.3) is 0 Å². The highest BCUT2D eigenvalue weighted by atomic mass is 19.4. The van der Waals surface area contributed by atoms with Crippen LogP contribution in [-0.2, 0) is 6.18 Å². The van der Waals surface area contributed by atoms with E-state index in [0.717, 1.165) is 12.5 Å². The molecule has 3 nitrogen and oxygen atoms in total. The van der Waals surface area contributed by atoms with Gasteiger partial charge in [-0.05, 0) is 30.7 Å². The average molecular weight is 295 g/mol. The van der Waals surface area contributed by atoms with Crippen molar-refractivity contribution in [2.45, 2.75) is 25.6 Å². The molecule has 21 heavy (non-hydrogen) atoms. The third-order valence-electron chi connectivity index (χ3n) is 3.02. The fourth-order valence-corrected chi connectivity index (χ4v) is 2.10. The van der Waals surface area contributed by atoms with Gasteiger partial charge in [-0.2, -0.15) is 13.2 Å². The Bertz CT molecular complexity index is 570. The van der Waals surface area contributed by atoms with E-state index in [-0.39, 0.29) is 5.56 Å². The van der Waals surface area contributed by atoms with Crippen LogP contribution in [0.1, 0.15) is 36.3 Å². The molecule has 1 N–H and O–H groups in total. The fourth-order valence-electron chi connectivity index (χ4n) is 2.10. The Morgan fingerprint density at radius 1 is 1.10 bits per heavy atom. The Kier molecular flexibility index (Phi) is 4.90. The first-order chi connectivity index (χ1) is 10.0. The van der Waals surface area contributed by atoms with Crippen LogP contribution in [0.15, 0.2) is 42.7 Å². The number of nitrogens with zero attached hydrogens (tertiary/aromatic N) is 2. The molecule has 0 aliphatic carbocycles. The normalized spacial score (nSPS) is 13.1. The Morgan fingerprint density at radius 2 is 1.76 bits per heavy atom. The molecule has 0 saturated carbocycles. The van der Waals surface area contributed by atoms with Crippen LogP contribution in [0, 0.1) is 0 Å². The Labute approximate surface area is 121 Å². The number of aromatic nitrogens is 2. The van der Waals surface area contributed by atoms with E-state index < -0.39 is 17.8 Å². The molecule has 0 saturated heterocycles. The van der Waals surface area contributed by atoms with Gasteiger partial charge in [0.2, 0.25) is 0 Å². The summed E-state index contributed by atoms with van der Waals surface area (Å²) in [6.07, 6.45) is -0.548. The van der Waals surface area contributed by atoms with Crippen molar-refractivity contribution >= 4 is 0 Å². The minimum Gasteiger partial charge on any atom is -0.304 e. The zero-order valence-corrected chi connectivity index (χ0v) is 11.6. The van der Waals surface area contributed by atoms with Crippen molar-refractivity contribution in [3.63, 3.8) is 0 Å². The molecule has 0 aliphatic heterocycles. The number of alkyl halides is 3. The number of hydrogen-bond donors (Lipinski definition) is 1. The second-order valence-electron chi connectivity index (χ2n) is 4.58. The number of nitrogens with one attached hydrogen (secondary N) is 1. The summed E-state index contributed by atoms with van der Waals surface area (Å²) in [5.74, 6) is 0.336. The predicted octanol–water partition coefficient (Wildman–Crippen LogP) is 3.58. The second kappa shape index (κ2) is 6.67. The van der Waals surface area contributed by atoms with Crippen LogP contribution in [0.2, 0.25) is 0 Å². The van der Waals surface area contributed by atoms with Crippen molar-refractivity contribution in [3.8, 4) is 0 Å². The van der Waals surface area contributed by atoms with Crippen molar-refractivity contribution < 1.29 is 13.2 Å². The minimum atomic E-state index is -4.41. The second-order valence-corrected chi connectivity index (χ2v) is 4.58. The Morgan fingerprint density at radius 3 is 2.38 bits per heavy atom.